The highest BCUT2D eigenvalue weighted by Crippen LogP contribution is 2.36. The minimum Gasteiger partial charge on any atom is -0.330 e. The summed E-state index contributed by atoms with van der Waals surface area (Å²) in [5, 5.41) is 3.49. The van der Waals surface area contributed by atoms with Gasteiger partial charge in [0.05, 0.1) is 12.0 Å². The second-order valence-corrected chi connectivity index (χ2v) is 6.25. The van der Waals surface area contributed by atoms with Crippen LogP contribution >= 0.6 is 0 Å². The van der Waals surface area contributed by atoms with E-state index in [-0.39, 0.29) is 0 Å². The first kappa shape index (κ1) is 13.6. The quantitative estimate of drug-likeness (QED) is 0.886. The molecule has 0 aromatic carbocycles. The summed E-state index contributed by atoms with van der Waals surface area (Å²) in [6, 6.07) is 1.18. The maximum Gasteiger partial charge on any atom is 0.0951 e. The van der Waals surface area contributed by atoms with E-state index < -0.39 is 0 Å². The molecule has 1 saturated carbocycles. The average Bonchev–Trinajstić information content (AvgIpc) is 2.78. The van der Waals surface area contributed by atoms with E-state index >= 15 is 0 Å². The molecule has 0 saturated heterocycles. The van der Waals surface area contributed by atoms with Gasteiger partial charge < -0.3 is 9.88 Å². The standard InChI is InChI=1S/C15H27N3/c1-11(2)17-9-15-8-16-10-18(15)14-6-5-12(3)13(4)7-14/h8,10-14,17H,5-7,9H2,1-4H3. The third-order valence-electron chi connectivity index (χ3n) is 4.40. The molecule has 3 unspecified atom stereocenters. The Labute approximate surface area is 111 Å². The fourth-order valence-corrected chi connectivity index (χ4v) is 2.88. The predicted molar refractivity (Wildman–Crippen MR) is 75.4 cm³/mol. The number of nitrogens with one attached hydrogen (secondary N) is 1. The van der Waals surface area contributed by atoms with Crippen molar-refractivity contribution >= 4 is 0 Å². The van der Waals surface area contributed by atoms with Crippen LogP contribution in [0.25, 0.3) is 0 Å². The molecule has 0 radical (unpaired) electrons. The molecule has 1 aliphatic carbocycles. The number of imidazole rings is 1. The number of rotatable bonds is 4. The molecule has 1 heterocycles. The minimum atomic E-state index is 0.527. The molecule has 0 aliphatic heterocycles. The highest BCUT2D eigenvalue weighted by atomic mass is 15.1. The summed E-state index contributed by atoms with van der Waals surface area (Å²) in [5.41, 5.74) is 1.33. The van der Waals surface area contributed by atoms with Crippen molar-refractivity contribution in [3.63, 3.8) is 0 Å². The molecule has 0 amide bonds. The van der Waals surface area contributed by atoms with E-state index in [2.05, 4.69) is 42.6 Å². The van der Waals surface area contributed by atoms with Gasteiger partial charge in [-0.05, 0) is 31.1 Å². The Morgan fingerprint density at radius 3 is 2.78 bits per heavy atom. The molecule has 0 spiro atoms. The Balaban J connectivity index is 2.02. The van der Waals surface area contributed by atoms with Crippen molar-refractivity contribution in [3.8, 4) is 0 Å². The van der Waals surface area contributed by atoms with Crippen molar-refractivity contribution in [1.82, 2.24) is 14.9 Å². The van der Waals surface area contributed by atoms with Gasteiger partial charge in [-0.3, -0.25) is 0 Å². The highest BCUT2D eigenvalue weighted by Gasteiger charge is 2.26. The van der Waals surface area contributed by atoms with Gasteiger partial charge in [0.1, 0.15) is 0 Å². The van der Waals surface area contributed by atoms with E-state index in [0.717, 1.165) is 18.4 Å². The molecular formula is C15H27N3. The normalized spacial score (nSPS) is 28.8. The maximum atomic E-state index is 4.34. The van der Waals surface area contributed by atoms with Crippen LogP contribution in [0, 0.1) is 11.8 Å². The van der Waals surface area contributed by atoms with E-state index in [0.29, 0.717) is 12.1 Å². The van der Waals surface area contributed by atoms with Crippen molar-refractivity contribution in [1.29, 1.82) is 0 Å². The second-order valence-electron chi connectivity index (χ2n) is 6.25. The first-order valence-corrected chi connectivity index (χ1v) is 7.32. The topological polar surface area (TPSA) is 29.9 Å². The zero-order valence-electron chi connectivity index (χ0n) is 12.2. The summed E-state index contributed by atoms with van der Waals surface area (Å²) in [5.74, 6) is 1.71. The fraction of sp³-hybridized carbons (Fsp3) is 0.800. The Hall–Kier alpha value is -0.830. The summed E-state index contributed by atoms with van der Waals surface area (Å²) >= 11 is 0. The third kappa shape index (κ3) is 3.14. The van der Waals surface area contributed by atoms with Gasteiger partial charge in [-0.2, -0.15) is 0 Å². The lowest BCUT2D eigenvalue weighted by molar-refractivity contribution is 0.207. The lowest BCUT2D eigenvalue weighted by Gasteiger charge is -2.33. The predicted octanol–water partition coefficient (Wildman–Crippen LogP) is 3.38. The molecule has 2 rings (SSSR count). The third-order valence-corrected chi connectivity index (χ3v) is 4.40. The first-order chi connectivity index (χ1) is 8.58. The minimum absolute atomic E-state index is 0.527. The summed E-state index contributed by atoms with van der Waals surface area (Å²) in [7, 11) is 0. The Morgan fingerprint density at radius 2 is 2.11 bits per heavy atom. The Morgan fingerprint density at radius 1 is 1.33 bits per heavy atom. The number of hydrogen-bond acceptors (Lipinski definition) is 2. The molecule has 18 heavy (non-hydrogen) atoms. The van der Waals surface area contributed by atoms with Gasteiger partial charge in [-0.15, -0.1) is 0 Å². The van der Waals surface area contributed by atoms with Crippen molar-refractivity contribution in [2.75, 3.05) is 0 Å². The summed E-state index contributed by atoms with van der Waals surface area (Å²) < 4.78 is 2.40. The number of nitrogens with zero attached hydrogens (tertiary/aromatic N) is 2. The molecule has 3 atom stereocenters. The van der Waals surface area contributed by atoms with Crippen LogP contribution in [0.5, 0.6) is 0 Å². The molecule has 3 nitrogen and oxygen atoms in total. The molecule has 1 fully saturated rings. The largest absolute Gasteiger partial charge is 0.330 e. The van der Waals surface area contributed by atoms with Crippen molar-refractivity contribution in [2.24, 2.45) is 11.8 Å². The zero-order chi connectivity index (χ0) is 13.1. The highest BCUT2D eigenvalue weighted by molar-refractivity contribution is 5.01. The van der Waals surface area contributed by atoms with Gasteiger partial charge in [0.25, 0.3) is 0 Å². The lowest BCUT2D eigenvalue weighted by Crippen LogP contribution is -2.27. The van der Waals surface area contributed by atoms with Crippen LogP contribution in [0.15, 0.2) is 12.5 Å². The van der Waals surface area contributed by atoms with Gasteiger partial charge in [0.15, 0.2) is 0 Å². The number of hydrogen-bond donors (Lipinski definition) is 1. The van der Waals surface area contributed by atoms with Crippen LogP contribution in [0.3, 0.4) is 0 Å². The Kier molecular flexibility index (Phi) is 4.44. The van der Waals surface area contributed by atoms with Crippen molar-refractivity contribution in [3.05, 3.63) is 18.2 Å². The van der Waals surface area contributed by atoms with E-state index in [1.54, 1.807) is 0 Å². The van der Waals surface area contributed by atoms with Gasteiger partial charge in [-0.25, -0.2) is 4.98 Å². The second kappa shape index (κ2) is 5.87. The summed E-state index contributed by atoms with van der Waals surface area (Å²) in [6.07, 6.45) is 7.98. The number of aromatic nitrogens is 2. The van der Waals surface area contributed by atoms with Crippen molar-refractivity contribution in [2.45, 2.75) is 65.6 Å². The maximum absolute atomic E-state index is 4.34. The fourth-order valence-electron chi connectivity index (χ4n) is 2.88. The first-order valence-electron chi connectivity index (χ1n) is 7.32. The van der Waals surface area contributed by atoms with Crippen LogP contribution in [0.4, 0.5) is 0 Å². The molecule has 1 aromatic heterocycles. The van der Waals surface area contributed by atoms with Crippen LogP contribution in [0.2, 0.25) is 0 Å². The zero-order valence-corrected chi connectivity index (χ0v) is 12.2. The lowest BCUT2D eigenvalue weighted by atomic mass is 9.79. The molecule has 0 bridgehead atoms. The van der Waals surface area contributed by atoms with Crippen LogP contribution in [0.1, 0.15) is 58.7 Å². The van der Waals surface area contributed by atoms with Crippen LogP contribution < -0.4 is 5.32 Å². The monoisotopic (exact) mass is 249 g/mol. The van der Waals surface area contributed by atoms with Crippen LogP contribution in [-0.4, -0.2) is 15.6 Å². The molecule has 102 valence electrons. The molecule has 1 aromatic rings. The average molecular weight is 249 g/mol. The van der Waals surface area contributed by atoms with Crippen LogP contribution in [-0.2, 0) is 6.54 Å². The molecular weight excluding hydrogens is 222 g/mol. The summed E-state index contributed by atoms with van der Waals surface area (Å²) in [6.45, 7) is 10.1. The van der Waals surface area contributed by atoms with Gasteiger partial charge >= 0.3 is 0 Å². The Bertz CT molecular complexity index is 370. The van der Waals surface area contributed by atoms with E-state index in [1.165, 1.54) is 25.0 Å². The van der Waals surface area contributed by atoms with Gasteiger partial charge in [-0.1, -0.05) is 27.7 Å². The molecule has 1 aliphatic rings. The van der Waals surface area contributed by atoms with Gasteiger partial charge in [0, 0.05) is 24.8 Å². The smallest absolute Gasteiger partial charge is 0.0951 e. The van der Waals surface area contributed by atoms with E-state index in [1.807, 2.05) is 12.5 Å². The van der Waals surface area contributed by atoms with E-state index in [4.69, 9.17) is 0 Å². The van der Waals surface area contributed by atoms with Gasteiger partial charge in [0.2, 0.25) is 0 Å². The van der Waals surface area contributed by atoms with E-state index in [9.17, 15) is 0 Å². The molecule has 3 heteroatoms. The SMILES string of the molecule is CC(C)NCc1cncn1C1CCC(C)C(C)C1. The summed E-state index contributed by atoms with van der Waals surface area (Å²) in [4.78, 5) is 4.34. The molecule has 1 N–H and O–H groups in total. The van der Waals surface area contributed by atoms with Crippen molar-refractivity contribution < 1.29 is 0 Å².